The minimum atomic E-state index is -1.09. The van der Waals surface area contributed by atoms with Gasteiger partial charge >= 0.3 is 5.97 Å². The number of aliphatic imine (C=N–C) groups is 1. The van der Waals surface area contributed by atoms with Crippen molar-refractivity contribution in [3.05, 3.63) is 36.2 Å². The monoisotopic (exact) mass is 485 g/mol. The Labute approximate surface area is 202 Å². The number of fused-ring (bicyclic) bond motifs is 1. The number of aromatic hydroxyl groups is 1. The van der Waals surface area contributed by atoms with E-state index in [4.69, 9.17) is 9.84 Å². The molecule has 0 saturated carbocycles. The van der Waals surface area contributed by atoms with Crippen LogP contribution in [-0.4, -0.2) is 100 Å². The summed E-state index contributed by atoms with van der Waals surface area (Å²) in [6, 6.07) is 6.10. The third-order valence-corrected chi connectivity index (χ3v) is 5.37. The molecule has 0 amide bonds. The topological polar surface area (TPSA) is 168 Å². The number of hydrogen-bond donors (Lipinski definition) is 6. The molecule has 1 aromatic carbocycles. The summed E-state index contributed by atoms with van der Waals surface area (Å²) in [6.07, 6.45) is 3.88. The van der Waals surface area contributed by atoms with Gasteiger partial charge in [-0.25, -0.2) is 9.97 Å². The third kappa shape index (κ3) is 6.88. The second-order valence-electron chi connectivity index (χ2n) is 7.84. The highest BCUT2D eigenvalue weighted by Gasteiger charge is 2.21. The summed E-state index contributed by atoms with van der Waals surface area (Å²) in [7, 11) is 3.51. The van der Waals surface area contributed by atoms with Crippen LogP contribution in [0.1, 0.15) is 12.0 Å². The molecular formula is C23H31N7O5. The molecule has 0 saturated heterocycles. The quantitative estimate of drug-likeness (QED) is 0.144. The Balaban J connectivity index is 1.70. The summed E-state index contributed by atoms with van der Waals surface area (Å²) in [5.74, 6) is 0.0126. The Morgan fingerprint density at radius 3 is 2.91 bits per heavy atom. The number of aliphatic hydroxyl groups is 1. The molecule has 0 fully saturated rings. The maximum Gasteiger partial charge on any atom is 0.323 e. The van der Waals surface area contributed by atoms with Crippen molar-refractivity contribution in [2.45, 2.75) is 12.5 Å². The van der Waals surface area contributed by atoms with E-state index in [0.717, 1.165) is 13.0 Å². The first-order valence-corrected chi connectivity index (χ1v) is 11.2. The number of carboxylic acid groups (broad SMARTS) is 1. The maximum absolute atomic E-state index is 11.1. The van der Waals surface area contributed by atoms with Crippen LogP contribution in [-0.2, 0) is 4.79 Å². The summed E-state index contributed by atoms with van der Waals surface area (Å²) < 4.78 is 5.73. The summed E-state index contributed by atoms with van der Waals surface area (Å²) >= 11 is 0. The van der Waals surface area contributed by atoms with Gasteiger partial charge in [0.05, 0.1) is 23.2 Å². The Morgan fingerprint density at radius 2 is 2.17 bits per heavy atom. The molecule has 12 nitrogen and oxygen atoms in total. The van der Waals surface area contributed by atoms with Gasteiger partial charge in [0.1, 0.15) is 36.2 Å². The number of carbonyl (C=O) groups is 1. The normalized spacial score (nSPS) is 12.5. The Morgan fingerprint density at radius 1 is 1.34 bits per heavy atom. The van der Waals surface area contributed by atoms with Crippen LogP contribution >= 0.6 is 0 Å². The second kappa shape index (κ2) is 12.6. The molecule has 0 aliphatic rings. The number of likely N-dealkylation sites (N-methyl/N-ethyl adjacent to an activating group) is 1. The number of benzene rings is 1. The SMILES string of the molecule is CNCCCNc1ncnc2[nH]c(O)c(C=Nc3cccc(OCCN(C)[C@@H](CO)C(=O)O)c3)c12. The fourth-order valence-electron chi connectivity index (χ4n) is 3.43. The highest BCUT2D eigenvalue weighted by molar-refractivity contribution is 6.06. The van der Waals surface area contributed by atoms with Crippen LogP contribution < -0.4 is 15.4 Å². The van der Waals surface area contributed by atoms with Crippen LogP contribution in [0.3, 0.4) is 0 Å². The Kier molecular flexibility index (Phi) is 9.35. The van der Waals surface area contributed by atoms with Gasteiger partial charge in [-0.1, -0.05) is 6.07 Å². The van der Waals surface area contributed by atoms with Gasteiger partial charge in [-0.2, -0.15) is 0 Å². The van der Waals surface area contributed by atoms with Gasteiger partial charge in [0, 0.05) is 25.4 Å². The van der Waals surface area contributed by atoms with Gasteiger partial charge in [-0.15, -0.1) is 0 Å². The van der Waals surface area contributed by atoms with Crippen molar-refractivity contribution < 1.29 is 24.9 Å². The zero-order valence-electron chi connectivity index (χ0n) is 19.7. The van der Waals surface area contributed by atoms with E-state index in [1.165, 1.54) is 11.2 Å². The molecule has 0 aliphatic heterocycles. The van der Waals surface area contributed by atoms with E-state index in [2.05, 4.69) is 30.6 Å². The summed E-state index contributed by atoms with van der Waals surface area (Å²) in [5.41, 5.74) is 1.57. The molecule has 6 N–H and O–H groups in total. The molecule has 188 valence electrons. The van der Waals surface area contributed by atoms with Crippen LogP contribution in [0, 0.1) is 0 Å². The van der Waals surface area contributed by atoms with Crippen LogP contribution in [0.5, 0.6) is 11.6 Å². The number of carboxylic acids is 1. The van der Waals surface area contributed by atoms with Gasteiger partial charge in [-0.3, -0.25) is 14.7 Å². The van der Waals surface area contributed by atoms with Crippen molar-refractivity contribution in [1.29, 1.82) is 0 Å². The number of nitrogens with zero attached hydrogens (tertiary/aromatic N) is 4. The Hall–Kier alpha value is -3.74. The first-order chi connectivity index (χ1) is 16.9. The predicted molar refractivity (Wildman–Crippen MR) is 133 cm³/mol. The molecule has 0 spiro atoms. The number of aliphatic hydroxyl groups excluding tert-OH is 1. The van der Waals surface area contributed by atoms with Gasteiger partial charge in [0.15, 0.2) is 5.88 Å². The number of nitrogens with one attached hydrogen (secondary N) is 3. The first-order valence-electron chi connectivity index (χ1n) is 11.2. The molecule has 0 aliphatic carbocycles. The zero-order chi connectivity index (χ0) is 25.2. The van der Waals surface area contributed by atoms with Crippen LogP contribution in [0.25, 0.3) is 11.0 Å². The number of aromatic amines is 1. The summed E-state index contributed by atoms with van der Waals surface area (Å²) in [4.78, 5) is 28.5. The number of aromatic nitrogens is 3. The minimum absolute atomic E-state index is 0.0603. The van der Waals surface area contributed by atoms with Crippen molar-refractivity contribution in [3.8, 4) is 11.6 Å². The fourth-order valence-corrected chi connectivity index (χ4v) is 3.43. The molecule has 0 bridgehead atoms. The molecule has 0 unspecified atom stereocenters. The average Bonchev–Trinajstić information content (AvgIpc) is 3.16. The minimum Gasteiger partial charge on any atom is -0.494 e. The highest BCUT2D eigenvalue weighted by atomic mass is 16.5. The van der Waals surface area contributed by atoms with Gasteiger partial charge in [0.25, 0.3) is 0 Å². The van der Waals surface area contributed by atoms with Crippen LogP contribution in [0.4, 0.5) is 11.5 Å². The fraction of sp³-hybridized carbons (Fsp3) is 0.391. The lowest BCUT2D eigenvalue weighted by Gasteiger charge is -2.22. The highest BCUT2D eigenvalue weighted by Crippen LogP contribution is 2.30. The van der Waals surface area contributed by atoms with Crippen molar-refractivity contribution >= 4 is 34.7 Å². The average molecular weight is 486 g/mol. The van der Waals surface area contributed by atoms with Crippen molar-refractivity contribution in [2.75, 3.05) is 52.3 Å². The van der Waals surface area contributed by atoms with Gasteiger partial charge in [0.2, 0.25) is 0 Å². The van der Waals surface area contributed by atoms with Crippen molar-refractivity contribution in [1.82, 2.24) is 25.2 Å². The first kappa shape index (κ1) is 25.9. The number of ether oxygens (including phenoxy) is 1. The van der Waals surface area contributed by atoms with Crippen LogP contribution in [0.15, 0.2) is 35.6 Å². The number of aliphatic carboxylic acids is 1. The largest absolute Gasteiger partial charge is 0.494 e. The molecule has 2 heterocycles. The predicted octanol–water partition coefficient (Wildman–Crippen LogP) is 1.19. The van der Waals surface area contributed by atoms with E-state index in [1.54, 1.807) is 37.5 Å². The van der Waals surface area contributed by atoms with E-state index in [0.29, 0.717) is 46.9 Å². The third-order valence-electron chi connectivity index (χ3n) is 5.37. The van der Waals surface area contributed by atoms with Gasteiger partial charge < -0.3 is 35.7 Å². The summed E-state index contributed by atoms with van der Waals surface area (Å²) in [6.45, 7) is 1.64. The number of rotatable bonds is 14. The molecule has 12 heteroatoms. The lowest BCUT2D eigenvalue weighted by Crippen LogP contribution is -2.43. The Bertz CT molecular complexity index is 1150. The molecule has 3 rings (SSSR count). The second-order valence-corrected chi connectivity index (χ2v) is 7.84. The van der Waals surface area contributed by atoms with E-state index >= 15 is 0 Å². The van der Waals surface area contributed by atoms with Crippen molar-refractivity contribution in [2.24, 2.45) is 4.99 Å². The molecule has 0 radical (unpaired) electrons. The lowest BCUT2D eigenvalue weighted by molar-refractivity contribution is -0.144. The van der Waals surface area contributed by atoms with E-state index in [9.17, 15) is 15.0 Å². The summed E-state index contributed by atoms with van der Waals surface area (Å²) in [5, 5.41) is 35.8. The van der Waals surface area contributed by atoms with Gasteiger partial charge in [-0.05, 0) is 39.2 Å². The number of hydrogen-bond acceptors (Lipinski definition) is 10. The smallest absolute Gasteiger partial charge is 0.323 e. The zero-order valence-corrected chi connectivity index (χ0v) is 19.7. The number of H-pyrrole nitrogens is 1. The molecule has 35 heavy (non-hydrogen) atoms. The van der Waals surface area contributed by atoms with E-state index in [-0.39, 0.29) is 12.5 Å². The lowest BCUT2D eigenvalue weighted by atomic mass is 10.2. The molecule has 3 aromatic rings. The standard InChI is InChI=1S/C23H31N7O5/c1-24-7-4-8-25-20-19-17(22(32)29-21(19)28-14-27-20)12-26-15-5-3-6-16(11-15)35-10-9-30(2)18(13-31)23(33)34/h3,5-6,11-12,14,18,24,31-32H,4,7-10,13H2,1-2H3,(H,33,34)(H2,25,27,28,29)/t18-/m0/s1. The number of anilines is 1. The molecule has 1 atom stereocenters. The maximum atomic E-state index is 11.1. The van der Waals surface area contributed by atoms with E-state index < -0.39 is 18.6 Å². The van der Waals surface area contributed by atoms with Crippen molar-refractivity contribution in [3.63, 3.8) is 0 Å². The van der Waals surface area contributed by atoms with E-state index in [1.807, 2.05) is 7.05 Å². The molecule has 2 aromatic heterocycles. The molecular weight excluding hydrogens is 454 g/mol. The van der Waals surface area contributed by atoms with Crippen LogP contribution in [0.2, 0.25) is 0 Å².